The van der Waals surface area contributed by atoms with E-state index >= 15 is 0 Å². The SMILES string of the molecule is O=C(Cn1ncc2cc([N+](=O)[O-])ccc21)Nc1cccc(S(=O)(=O)NC2=NCCCCC2)c1. The second kappa shape index (κ2) is 9.36. The Hall–Kier alpha value is -3.80. The van der Waals surface area contributed by atoms with Gasteiger partial charge in [-0.1, -0.05) is 12.5 Å². The van der Waals surface area contributed by atoms with Gasteiger partial charge in [-0.15, -0.1) is 0 Å². The zero-order valence-electron chi connectivity index (χ0n) is 17.6. The van der Waals surface area contributed by atoms with Gasteiger partial charge in [0.15, 0.2) is 0 Å². The molecule has 3 aromatic rings. The fraction of sp³-hybridized carbons (Fsp3) is 0.286. The van der Waals surface area contributed by atoms with Gasteiger partial charge < -0.3 is 5.32 Å². The lowest BCUT2D eigenvalue weighted by atomic mass is 10.2. The highest BCUT2D eigenvalue weighted by Crippen LogP contribution is 2.21. The molecule has 1 aliphatic rings. The van der Waals surface area contributed by atoms with Gasteiger partial charge in [-0.05, 0) is 37.1 Å². The minimum absolute atomic E-state index is 0.0177. The van der Waals surface area contributed by atoms with Crippen LogP contribution in [0.2, 0.25) is 0 Å². The fourth-order valence-corrected chi connectivity index (χ4v) is 4.70. The first kappa shape index (κ1) is 22.4. The van der Waals surface area contributed by atoms with E-state index in [9.17, 15) is 23.3 Å². The standard InChI is InChI=1S/C21H22N6O5S/c28-21(14-26-19-9-8-17(27(29)30)11-15(19)13-23-26)24-16-5-4-6-18(12-16)33(31,32)25-20-7-2-1-3-10-22-20/h4-6,8-9,11-13H,1-3,7,10,14H2,(H,22,25)(H,24,28). The number of benzene rings is 2. The maximum absolute atomic E-state index is 12.8. The topological polar surface area (TPSA) is 149 Å². The monoisotopic (exact) mass is 470 g/mol. The number of carbonyl (C=O) groups is 1. The van der Waals surface area contributed by atoms with Crippen molar-refractivity contribution in [2.45, 2.75) is 37.1 Å². The molecule has 0 bridgehead atoms. The predicted octanol–water partition coefficient (Wildman–Crippen LogP) is 2.83. The molecule has 0 spiro atoms. The van der Waals surface area contributed by atoms with Crippen molar-refractivity contribution in [2.24, 2.45) is 4.99 Å². The van der Waals surface area contributed by atoms with Gasteiger partial charge >= 0.3 is 0 Å². The van der Waals surface area contributed by atoms with Gasteiger partial charge in [0.2, 0.25) is 5.91 Å². The Morgan fingerprint density at radius 3 is 2.82 bits per heavy atom. The minimum Gasteiger partial charge on any atom is -0.324 e. The van der Waals surface area contributed by atoms with Crippen molar-refractivity contribution < 1.29 is 18.1 Å². The lowest BCUT2D eigenvalue weighted by Crippen LogP contribution is -2.30. The third-order valence-corrected chi connectivity index (χ3v) is 6.56. The zero-order chi connectivity index (χ0) is 23.4. The van der Waals surface area contributed by atoms with E-state index in [0.717, 1.165) is 19.3 Å². The van der Waals surface area contributed by atoms with Crippen LogP contribution in [0.25, 0.3) is 10.9 Å². The number of hydrogen-bond donors (Lipinski definition) is 2. The molecular formula is C21H22N6O5S. The van der Waals surface area contributed by atoms with Gasteiger partial charge in [0.25, 0.3) is 15.7 Å². The summed E-state index contributed by atoms with van der Waals surface area (Å²) in [6, 6.07) is 10.2. The third kappa shape index (κ3) is 5.34. The molecule has 2 heterocycles. The Labute approximate surface area is 189 Å². The number of amidine groups is 1. The van der Waals surface area contributed by atoms with Crippen molar-refractivity contribution in [3.8, 4) is 0 Å². The Morgan fingerprint density at radius 2 is 2.00 bits per heavy atom. The Kier molecular flexibility index (Phi) is 6.36. The molecular weight excluding hydrogens is 448 g/mol. The van der Waals surface area contributed by atoms with Gasteiger partial charge in [0, 0.05) is 36.2 Å². The summed E-state index contributed by atoms with van der Waals surface area (Å²) in [6.45, 7) is 0.455. The molecule has 0 radical (unpaired) electrons. The maximum Gasteiger partial charge on any atom is 0.270 e. The number of amides is 1. The van der Waals surface area contributed by atoms with Crippen LogP contribution >= 0.6 is 0 Å². The van der Waals surface area contributed by atoms with Crippen LogP contribution in [-0.4, -0.2) is 41.4 Å². The van der Waals surface area contributed by atoms with Crippen molar-refractivity contribution >= 4 is 44.0 Å². The van der Waals surface area contributed by atoms with Crippen LogP contribution < -0.4 is 10.0 Å². The summed E-state index contributed by atoms with van der Waals surface area (Å²) in [4.78, 5) is 27.3. The van der Waals surface area contributed by atoms with Gasteiger partial charge in [-0.3, -0.25) is 29.3 Å². The largest absolute Gasteiger partial charge is 0.324 e. The Morgan fingerprint density at radius 1 is 1.15 bits per heavy atom. The van der Waals surface area contributed by atoms with Crippen LogP contribution in [0.1, 0.15) is 25.7 Å². The van der Waals surface area contributed by atoms with Gasteiger partial charge in [-0.2, -0.15) is 5.10 Å². The number of rotatable bonds is 6. The number of aromatic nitrogens is 2. The number of nitro groups is 1. The molecule has 0 saturated carbocycles. The average molecular weight is 471 g/mol. The number of sulfonamides is 1. The number of fused-ring (bicyclic) bond motifs is 1. The molecule has 11 nitrogen and oxygen atoms in total. The first-order valence-corrected chi connectivity index (χ1v) is 11.9. The fourth-order valence-electron chi connectivity index (χ4n) is 3.56. The molecule has 2 N–H and O–H groups in total. The van der Waals surface area contributed by atoms with E-state index in [1.165, 1.54) is 41.2 Å². The highest BCUT2D eigenvalue weighted by atomic mass is 32.2. The first-order chi connectivity index (χ1) is 15.8. The summed E-state index contributed by atoms with van der Waals surface area (Å²) in [6.07, 6.45) is 4.86. The number of nitrogens with one attached hydrogen (secondary N) is 2. The van der Waals surface area contributed by atoms with Crippen LogP contribution in [0.4, 0.5) is 11.4 Å². The van der Waals surface area contributed by atoms with E-state index in [-0.39, 0.29) is 17.1 Å². The van der Waals surface area contributed by atoms with Gasteiger partial charge in [0.1, 0.15) is 12.4 Å². The molecule has 0 atom stereocenters. The van der Waals surface area contributed by atoms with E-state index in [0.29, 0.717) is 35.4 Å². The number of nitrogens with zero attached hydrogens (tertiary/aromatic N) is 4. The van der Waals surface area contributed by atoms with Crippen LogP contribution in [0.3, 0.4) is 0 Å². The Bertz CT molecular complexity index is 1350. The Balaban J connectivity index is 1.46. The normalized spacial score (nSPS) is 14.4. The van der Waals surface area contributed by atoms with E-state index in [1.54, 1.807) is 12.1 Å². The molecule has 1 aliphatic heterocycles. The first-order valence-electron chi connectivity index (χ1n) is 10.4. The summed E-state index contributed by atoms with van der Waals surface area (Å²) >= 11 is 0. The van der Waals surface area contributed by atoms with Crippen LogP contribution in [-0.2, 0) is 21.4 Å². The van der Waals surface area contributed by atoms with Gasteiger partial charge in [-0.25, -0.2) is 8.42 Å². The van der Waals surface area contributed by atoms with Crippen molar-refractivity contribution in [3.05, 3.63) is 58.8 Å². The number of non-ortho nitro benzene ring substituents is 1. The molecule has 4 rings (SSSR count). The highest BCUT2D eigenvalue weighted by molar-refractivity contribution is 7.90. The number of nitro benzene ring substituents is 1. The number of hydrogen-bond acceptors (Lipinski definition) is 7. The van der Waals surface area contributed by atoms with Crippen LogP contribution in [0.5, 0.6) is 0 Å². The quantitative estimate of drug-likeness (QED) is 0.418. The lowest BCUT2D eigenvalue weighted by Gasteiger charge is -2.11. The number of anilines is 1. The number of aliphatic imine (C=N–C) groups is 1. The van der Waals surface area contributed by atoms with E-state index in [1.807, 2.05) is 0 Å². The molecule has 12 heteroatoms. The molecule has 1 amide bonds. The molecule has 172 valence electrons. The average Bonchev–Trinajstić information content (AvgIpc) is 2.99. The second-order valence-electron chi connectivity index (χ2n) is 7.62. The second-order valence-corrected chi connectivity index (χ2v) is 9.31. The minimum atomic E-state index is -3.83. The molecule has 0 fully saturated rings. The lowest BCUT2D eigenvalue weighted by molar-refractivity contribution is -0.384. The maximum atomic E-state index is 12.8. The van der Waals surface area contributed by atoms with Gasteiger partial charge in [0.05, 0.1) is 21.5 Å². The molecule has 33 heavy (non-hydrogen) atoms. The zero-order valence-corrected chi connectivity index (χ0v) is 18.4. The van der Waals surface area contributed by atoms with Crippen molar-refractivity contribution in [1.82, 2.24) is 14.5 Å². The van der Waals surface area contributed by atoms with Crippen LogP contribution in [0.15, 0.2) is 58.5 Å². The molecule has 0 saturated heterocycles. The highest BCUT2D eigenvalue weighted by Gasteiger charge is 2.18. The smallest absolute Gasteiger partial charge is 0.270 e. The summed E-state index contributed by atoms with van der Waals surface area (Å²) in [7, 11) is -3.83. The molecule has 0 aliphatic carbocycles. The molecule has 0 unspecified atom stereocenters. The van der Waals surface area contributed by atoms with Crippen molar-refractivity contribution in [3.63, 3.8) is 0 Å². The summed E-state index contributed by atoms with van der Waals surface area (Å²) < 4.78 is 29.5. The van der Waals surface area contributed by atoms with Crippen molar-refractivity contribution in [2.75, 3.05) is 11.9 Å². The molecule has 1 aromatic heterocycles. The van der Waals surface area contributed by atoms with Crippen molar-refractivity contribution in [1.29, 1.82) is 0 Å². The summed E-state index contributed by atoms with van der Waals surface area (Å²) in [5.41, 5.74) is 0.825. The summed E-state index contributed by atoms with van der Waals surface area (Å²) in [5, 5.41) is 18.2. The van der Waals surface area contributed by atoms with E-state index in [2.05, 4.69) is 20.1 Å². The predicted molar refractivity (Wildman–Crippen MR) is 123 cm³/mol. The number of carbonyl (C=O) groups excluding carboxylic acids is 1. The summed E-state index contributed by atoms with van der Waals surface area (Å²) in [5.74, 6) is 0.0294. The molecule has 2 aromatic carbocycles. The van der Waals surface area contributed by atoms with E-state index in [4.69, 9.17) is 0 Å². The van der Waals surface area contributed by atoms with E-state index < -0.39 is 20.9 Å². The van der Waals surface area contributed by atoms with Crippen LogP contribution in [0, 0.1) is 10.1 Å². The third-order valence-electron chi connectivity index (χ3n) is 5.18.